The topological polar surface area (TPSA) is 74.4 Å². The molecule has 174 valence electrons. The Labute approximate surface area is 200 Å². The second-order valence-corrected chi connectivity index (χ2v) is 9.24. The molecule has 0 radical (unpaired) electrons. The molecule has 1 heterocycles. The number of fused-ring (bicyclic) bond motifs is 2. The molecule has 1 aliphatic carbocycles. The summed E-state index contributed by atoms with van der Waals surface area (Å²) in [7, 11) is 0. The van der Waals surface area contributed by atoms with Crippen LogP contribution in [0.2, 0.25) is 0 Å². The average molecular weight is 455 g/mol. The molecule has 0 aromatic heterocycles. The van der Waals surface area contributed by atoms with Gasteiger partial charge < -0.3 is 14.9 Å². The number of phenols is 2. The van der Waals surface area contributed by atoms with Crippen LogP contribution in [-0.2, 0) is 0 Å². The SMILES string of the molecule is CC[C@@H]1CC[C@]2(N=Cc3ccccc3O)Oc3ccccc3[C@@H](N=Cc3ccccc3O)[C@@H]2C1. The van der Waals surface area contributed by atoms with Crippen LogP contribution in [0.15, 0.2) is 82.8 Å². The molecule has 0 spiro atoms. The Morgan fingerprint density at radius 3 is 2.26 bits per heavy atom. The number of nitrogens with zero attached hydrogens (tertiary/aromatic N) is 2. The molecule has 0 unspecified atom stereocenters. The Kier molecular flexibility index (Phi) is 6.10. The highest BCUT2D eigenvalue weighted by molar-refractivity contribution is 5.84. The summed E-state index contributed by atoms with van der Waals surface area (Å²) < 4.78 is 6.68. The van der Waals surface area contributed by atoms with Gasteiger partial charge in [0.15, 0.2) is 0 Å². The third-order valence-corrected chi connectivity index (χ3v) is 7.23. The highest BCUT2D eigenvalue weighted by Gasteiger charge is 2.52. The highest BCUT2D eigenvalue weighted by atomic mass is 16.5. The Morgan fingerprint density at radius 2 is 1.56 bits per heavy atom. The average Bonchev–Trinajstić information content (AvgIpc) is 2.86. The van der Waals surface area contributed by atoms with Crippen molar-refractivity contribution >= 4 is 12.4 Å². The van der Waals surface area contributed by atoms with Gasteiger partial charge in [0.05, 0.1) is 6.04 Å². The van der Waals surface area contributed by atoms with Gasteiger partial charge in [-0.15, -0.1) is 0 Å². The maximum Gasteiger partial charge on any atom is 0.205 e. The minimum atomic E-state index is -0.761. The first-order valence-electron chi connectivity index (χ1n) is 12.0. The Bertz CT molecular complexity index is 1220. The lowest BCUT2D eigenvalue weighted by molar-refractivity contribution is -0.0575. The molecule has 2 aliphatic rings. The molecule has 2 N–H and O–H groups in total. The minimum Gasteiger partial charge on any atom is -0.507 e. The predicted octanol–water partition coefficient (Wildman–Crippen LogP) is 6.29. The summed E-state index contributed by atoms with van der Waals surface area (Å²) in [6.45, 7) is 2.24. The molecule has 3 aromatic carbocycles. The van der Waals surface area contributed by atoms with Crippen molar-refractivity contribution in [3.05, 3.63) is 89.5 Å². The van der Waals surface area contributed by atoms with Crippen LogP contribution < -0.4 is 4.74 Å². The zero-order chi connectivity index (χ0) is 23.5. The standard InChI is InChI=1S/C29H30N2O3/c1-2-20-15-16-29(31-19-22-10-4-7-13-26(22)33)24(17-20)28(23-11-5-8-14-27(23)34-29)30-18-21-9-3-6-12-25(21)32/h3-14,18-20,24,28,32-33H,2,15-17H2,1H3/t20-,24+,28-,29+/m1/s1. The van der Waals surface area contributed by atoms with Gasteiger partial charge in [-0.25, -0.2) is 4.99 Å². The number of para-hydroxylation sites is 3. The third kappa shape index (κ3) is 4.18. The van der Waals surface area contributed by atoms with Crippen molar-refractivity contribution in [2.24, 2.45) is 21.8 Å². The van der Waals surface area contributed by atoms with E-state index < -0.39 is 5.72 Å². The van der Waals surface area contributed by atoms with E-state index in [2.05, 4.69) is 13.0 Å². The third-order valence-electron chi connectivity index (χ3n) is 7.23. The number of aliphatic imine (C=N–C) groups is 2. The molecule has 3 aromatic rings. The lowest BCUT2D eigenvalue weighted by Crippen LogP contribution is -2.51. The zero-order valence-electron chi connectivity index (χ0n) is 19.3. The van der Waals surface area contributed by atoms with Crippen LogP contribution in [0, 0.1) is 11.8 Å². The molecule has 4 atom stereocenters. The van der Waals surface area contributed by atoms with Crippen molar-refractivity contribution in [2.75, 3.05) is 0 Å². The van der Waals surface area contributed by atoms with E-state index in [0.29, 0.717) is 17.0 Å². The van der Waals surface area contributed by atoms with Crippen LogP contribution in [-0.4, -0.2) is 28.4 Å². The maximum absolute atomic E-state index is 10.3. The molecule has 5 heteroatoms. The van der Waals surface area contributed by atoms with E-state index in [1.807, 2.05) is 48.5 Å². The van der Waals surface area contributed by atoms with Gasteiger partial charge in [0, 0.05) is 41.5 Å². The largest absolute Gasteiger partial charge is 0.507 e. The van der Waals surface area contributed by atoms with E-state index in [-0.39, 0.29) is 23.5 Å². The zero-order valence-corrected chi connectivity index (χ0v) is 19.3. The molecule has 0 bridgehead atoms. The first-order valence-corrected chi connectivity index (χ1v) is 12.0. The monoisotopic (exact) mass is 454 g/mol. The van der Waals surface area contributed by atoms with E-state index >= 15 is 0 Å². The molecule has 0 amide bonds. The number of rotatable bonds is 5. The fourth-order valence-corrected chi connectivity index (χ4v) is 5.26. The number of ether oxygens (including phenoxy) is 1. The summed E-state index contributed by atoms with van der Waals surface area (Å²) in [6, 6.07) is 22.4. The van der Waals surface area contributed by atoms with E-state index in [0.717, 1.165) is 37.0 Å². The summed E-state index contributed by atoms with van der Waals surface area (Å²) in [5.74, 6) is 1.82. The molecule has 0 saturated heterocycles. The quantitative estimate of drug-likeness (QED) is 0.445. The van der Waals surface area contributed by atoms with Crippen LogP contribution in [0.5, 0.6) is 17.2 Å². The van der Waals surface area contributed by atoms with E-state index in [9.17, 15) is 10.2 Å². The Hall–Kier alpha value is -3.60. The summed E-state index contributed by atoms with van der Waals surface area (Å²) in [5.41, 5.74) is 1.65. The smallest absolute Gasteiger partial charge is 0.205 e. The van der Waals surface area contributed by atoms with E-state index in [1.165, 1.54) is 0 Å². The number of aromatic hydroxyl groups is 2. The lowest BCUT2D eigenvalue weighted by atomic mass is 9.68. The summed E-state index contributed by atoms with van der Waals surface area (Å²) in [5, 5.41) is 20.6. The molecular formula is C29H30N2O3. The Balaban J connectivity index is 1.60. The minimum absolute atomic E-state index is 0.0327. The molecule has 5 rings (SSSR count). The van der Waals surface area contributed by atoms with Crippen molar-refractivity contribution in [3.63, 3.8) is 0 Å². The first-order chi connectivity index (χ1) is 16.6. The second kappa shape index (κ2) is 9.34. The highest BCUT2D eigenvalue weighted by Crippen LogP contribution is 2.54. The summed E-state index contributed by atoms with van der Waals surface area (Å²) in [4.78, 5) is 10.1. The number of hydrogen-bond acceptors (Lipinski definition) is 5. The van der Waals surface area contributed by atoms with Gasteiger partial charge >= 0.3 is 0 Å². The van der Waals surface area contributed by atoms with Gasteiger partial charge in [0.1, 0.15) is 17.2 Å². The molecule has 1 fully saturated rings. The summed E-state index contributed by atoms with van der Waals surface area (Å²) >= 11 is 0. The van der Waals surface area contributed by atoms with E-state index in [4.69, 9.17) is 14.7 Å². The van der Waals surface area contributed by atoms with Crippen LogP contribution in [0.4, 0.5) is 0 Å². The molecular weight excluding hydrogens is 424 g/mol. The van der Waals surface area contributed by atoms with Gasteiger partial charge in [-0.2, -0.15) is 0 Å². The maximum atomic E-state index is 10.3. The molecule has 1 saturated carbocycles. The van der Waals surface area contributed by atoms with Crippen LogP contribution >= 0.6 is 0 Å². The van der Waals surface area contributed by atoms with Crippen molar-refractivity contribution < 1.29 is 14.9 Å². The van der Waals surface area contributed by atoms with E-state index in [1.54, 1.807) is 30.6 Å². The number of hydrogen-bond donors (Lipinski definition) is 2. The fourth-order valence-electron chi connectivity index (χ4n) is 5.26. The summed E-state index contributed by atoms with van der Waals surface area (Å²) in [6.07, 6.45) is 7.39. The van der Waals surface area contributed by atoms with Crippen molar-refractivity contribution in [1.82, 2.24) is 0 Å². The molecule has 5 nitrogen and oxygen atoms in total. The predicted molar refractivity (Wildman–Crippen MR) is 135 cm³/mol. The number of phenolic OH excluding ortho intramolecular Hbond substituents is 2. The number of benzene rings is 3. The van der Waals surface area contributed by atoms with Gasteiger partial charge in [-0.1, -0.05) is 55.8 Å². The van der Waals surface area contributed by atoms with Gasteiger partial charge in [0.2, 0.25) is 5.72 Å². The van der Waals surface area contributed by atoms with Crippen molar-refractivity contribution in [3.8, 4) is 17.2 Å². The van der Waals surface area contributed by atoms with Crippen LogP contribution in [0.25, 0.3) is 0 Å². The van der Waals surface area contributed by atoms with Crippen molar-refractivity contribution in [1.29, 1.82) is 0 Å². The first kappa shape index (κ1) is 22.2. The molecule has 34 heavy (non-hydrogen) atoms. The van der Waals surface area contributed by atoms with Crippen molar-refractivity contribution in [2.45, 2.75) is 44.4 Å². The lowest BCUT2D eigenvalue weighted by Gasteiger charge is -2.49. The fraction of sp³-hybridized carbons (Fsp3) is 0.310. The van der Waals surface area contributed by atoms with Gasteiger partial charge in [-0.3, -0.25) is 4.99 Å². The van der Waals surface area contributed by atoms with Gasteiger partial charge in [0.25, 0.3) is 0 Å². The van der Waals surface area contributed by atoms with Crippen LogP contribution in [0.1, 0.15) is 55.3 Å². The Morgan fingerprint density at radius 1 is 0.912 bits per heavy atom. The van der Waals surface area contributed by atoms with Gasteiger partial charge in [-0.05, 0) is 49.1 Å². The second-order valence-electron chi connectivity index (χ2n) is 9.24. The molecule has 1 aliphatic heterocycles. The van der Waals surface area contributed by atoms with Crippen LogP contribution in [0.3, 0.4) is 0 Å². The normalized spacial score (nSPS) is 26.2.